The molecule has 7 heteroatoms. The summed E-state index contributed by atoms with van der Waals surface area (Å²) in [6.07, 6.45) is 4.83. The molecule has 2 N–H and O–H groups in total. The zero-order valence-electron chi connectivity index (χ0n) is 22.1. The number of para-hydroxylation sites is 1. The number of carbonyl (C=O) groups is 2. The minimum atomic E-state index is -0.406. The number of thioether (sulfide) groups is 1. The lowest BCUT2D eigenvalue weighted by Gasteiger charge is -2.37. The van der Waals surface area contributed by atoms with Crippen LogP contribution in [0.2, 0.25) is 0 Å². The van der Waals surface area contributed by atoms with Crippen molar-refractivity contribution in [1.29, 1.82) is 0 Å². The van der Waals surface area contributed by atoms with Crippen molar-refractivity contribution in [3.63, 3.8) is 0 Å². The molecule has 0 bridgehead atoms. The highest BCUT2D eigenvalue weighted by Gasteiger charge is 2.46. The number of amides is 2. The molecule has 1 saturated heterocycles. The van der Waals surface area contributed by atoms with Gasteiger partial charge in [-0.3, -0.25) is 9.59 Å². The number of benzene rings is 3. The van der Waals surface area contributed by atoms with Crippen LogP contribution in [0.3, 0.4) is 0 Å². The van der Waals surface area contributed by atoms with E-state index in [4.69, 9.17) is 10.5 Å². The third-order valence-electron chi connectivity index (χ3n) is 8.12. The number of rotatable bonds is 6. The van der Waals surface area contributed by atoms with Crippen LogP contribution in [0.15, 0.2) is 78.9 Å². The van der Waals surface area contributed by atoms with Gasteiger partial charge < -0.3 is 20.3 Å². The van der Waals surface area contributed by atoms with Crippen molar-refractivity contribution < 1.29 is 14.3 Å². The Labute approximate surface area is 234 Å². The summed E-state index contributed by atoms with van der Waals surface area (Å²) in [5, 5.41) is -0.580. The van der Waals surface area contributed by atoms with Crippen LogP contribution in [-0.4, -0.2) is 45.5 Å². The summed E-state index contributed by atoms with van der Waals surface area (Å²) in [5.74, 6) is 1.62. The molecule has 202 valence electrons. The number of hydrogen-bond donors (Lipinski definition) is 1. The summed E-state index contributed by atoms with van der Waals surface area (Å²) < 4.78 is 6.11. The van der Waals surface area contributed by atoms with Crippen molar-refractivity contribution in [2.45, 2.75) is 67.8 Å². The summed E-state index contributed by atoms with van der Waals surface area (Å²) in [6.45, 7) is 1.31. The topological polar surface area (TPSA) is 75.9 Å². The second-order valence-electron chi connectivity index (χ2n) is 10.8. The van der Waals surface area contributed by atoms with Crippen molar-refractivity contribution in [3.8, 4) is 11.5 Å². The van der Waals surface area contributed by atoms with Gasteiger partial charge in [0.05, 0.1) is 5.25 Å². The monoisotopic (exact) mass is 541 g/mol. The van der Waals surface area contributed by atoms with E-state index >= 15 is 0 Å². The molecule has 39 heavy (non-hydrogen) atoms. The summed E-state index contributed by atoms with van der Waals surface area (Å²) >= 11 is 1.60. The fourth-order valence-electron chi connectivity index (χ4n) is 6.11. The van der Waals surface area contributed by atoms with Crippen molar-refractivity contribution >= 4 is 23.6 Å². The van der Waals surface area contributed by atoms with Gasteiger partial charge in [-0.25, -0.2) is 0 Å². The molecule has 0 radical (unpaired) electrons. The molecule has 3 aromatic carbocycles. The summed E-state index contributed by atoms with van der Waals surface area (Å²) in [7, 11) is 0. The fourth-order valence-corrected chi connectivity index (χ4v) is 7.61. The molecule has 6 rings (SSSR count). The molecule has 2 amide bonds. The zero-order valence-corrected chi connectivity index (χ0v) is 22.9. The van der Waals surface area contributed by atoms with E-state index in [9.17, 15) is 9.59 Å². The largest absolute Gasteiger partial charge is 0.457 e. The minimum Gasteiger partial charge on any atom is -0.457 e. The standard InChI is InChI=1S/C32H35N3O3S/c33-25-11-7-12-26(19-25)35-31(37)29(20-30(36)34-17-16-22-8-4-5-9-24(22)21-34)39-32(35)23-10-6-15-28(18-23)38-27-13-2-1-3-14-27/h1-6,8-10,13-15,18,25-26,29,32H,7,11-12,16-17,19-21,33H2. The van der Waals surface area contributed by atoms with Crippen molar-refractivity contribution in [1.82, 2.24) is 9.80 Å². The average Bonchev–Trinajstić information content (AvgIpc) is 3.29. The van der Waals surface area contributed by atoms with Crippen LogP contribution in [0, 0.1) is 0 Å². The Bertz CT molecular complexity index is 1330. The lowest BCUT2D eigenvalue weighted by molar-refractivity contribution is -0.138. The highest BCUT2D eigenvalue weighted by Crippen LogP contribution is 2.48. The molecule has 2 heterocycles. The predicted molar refractivity (Wildman–Crippen MR) is 154 cm³/mol. The van der Waals surface area contributed by atoms with Gasteiger partial charge in [0.2, 0.25) is 11.8 Å². The van der Waals surface area contributed by atoms with Gasteiger partial charge in [0.1, 0.15) is 16.9 Å². The minimum absolute atomic E-state index is 0.0532. The first-order chi connectivity index (χ1) is 19.0. The number of nitrogens with zero attached hydrogens (tertiary/aromatic N) is 2. The molecule has 1 saturated carbocycles. The van der Waals surface area contributed by atoms with E-state index in [1.54, 1.807) is 11.8 Å². The van der Waals surface area contributed by atoms with E-state index in [-0.39, 0.29) is 35.7 Å². The van der Waals surface area contributed by atoms with Gasteiger partial charge in [0.15, 0.2) is 0 Å². The SMILES string of the molecule is NC1CCCC(N2C(=O)C(CC(=O)N3CCc4ccccc4C3)SC2c2cccc(Oc3ccccc3)c2)C1. The molecule has 2 aliphatic heterocycles. The normalized spacial score (nSPS) is 24.9. The Hall–Kier alpha value is -3.29. The van der Waals surface area contributed by atoms with Gasteiger partial charge in [-0.2, -0.15) is 0 Å². The summed E-state index contributed by atoms with van der Waals surface area (Å²) in [4.78, 5) is 31.3. The first kappa shape index (κ1) is 26.0. The molecule has 4 atom stereocenters. The highest BCUT2D eigenvalue weighted by molar-refractivity contribution is 8.01. The lowest BCUT2D eigenvalue weighted by Crippen LogP contribution is -2.46. The van der Waals surface area contributed by atoms with Crippen molar-refractivity contribution in [3.05, 3.63) is 95.6 Å². The van der Waals surface area contributed by atoms with Crippen LogP contribution in [-0.2, 0) is 22.6 Å². The Morgan fingerprint density at radius 1 is 0.949 bits per heavy atom. The van der Waals surface area contributed by atoms with Crippen LogP contribution in [0.1, 0.15) is 54.2 Å². The fraction of sp³-hybridized carbons (Fsp3) is 0.375. The second-order valence-corrected chi connectivity index (χ2v) is 12.1. The zero-order chi connectivity index (χ0) is 26.8. The molecule has 0 aromatic heterocycles. The summed E-state index contributed by atoms with van der Waals surface area (Å²) in [5.41, 5.74) is 9.89. The highest BCUT2D eigenvalue weighted by atomic mass is 32.2. The number of hydrogen-bond acceptors (Lipinski definition) is 5. The molecule has 6 nitrogen and oxygen atoms in total. The molecule has 0 spiro atoms. The molecule has 3 aliphatic rings. The maximum Gasteiger partial charge on any atom is 0.237 e. The van der Waals surface area contributed by atoms with Crippen molar-refractivity contribution in [2.24, 2.45) is 5.73 Å². The second kappa shape index (κ2) is 11.4. The molecule has 2 fully saturated rings. The summed E-state index contributed by atoms with van der Waals surface area (Å²) in [6, 6.07) is 26.2. The quantitative estimate of drug-likeness (QED) is 0.435. The first-order valence-electron chi connectivity index (χ1n) is 14.0. The van der Waals surface area contributed by atoms with E-state index < -0.39 is 5.25 Å². The molecular weight excluding hydrogens is 506 g/mol. The van der Waals surface area contributed by atoms with E-state index in [0.29, 0.717) is 13.1 Å². The van der Waals surface area contributed by atoms with Gasteiger partial charge in [0, 0.05) is 31.6 Å². The average molecular weight is 542 g/mol. The van der Waals surface area contributed by atoms with Crippen LogP contribution in [0.5, 0.6) is 11.5 Å². The van der Waals surface area contributed by atoms with Gasteiger partial charge >= 0.3 is 0 Å². The molecule has 3 aromatic rings. The maximum atomic E-state index is 14.0. The third kappa shape index (κ3) is 5.70. The van der Waals surface area contributed by atoms with Crippen LogP contribution < -0.4 is 10.5 Å². The third-order valence-corrected chi connectivity index (χ3v) is 9.58. The van der Waals surface area contributed by atoms with Crippen molar-refractivity contribution in [2.75, 3.05) is 6.54 Å². The Kier molecular flexibility index (Phi) is 7.62. The van der Waals surface area contributed by atoms with E-state index in [0.717, 1.165) is 49.2 Å². The smallest absolute Gasteiger partial charge is 0.237 e. The Morgan fingerprint density at radius 2 is 1.72 bits per heavy atom. The number of nitrogens with two attached hydrogens (primary N) is 1. The molecular formula is C32H35N3O3S. The first-order valence-corrected chi connectivity index (χ1v) is 14.9. The van der Waals surface area contributed by atoms with Gasteiger partial charge in [-0.15, -0.1) is 11.8 Å². The lowest BCUT2D eigenvalue weighted by atomic mass is 9.90. The number of fused-ring (bicyclic) bond motifs is 1. The Balaban J connectivity index is 1.22. The predicted octanol–water partition coefficient (Wildman–Crippen LogP) is 5.67. The number of carbonyl (C=O) groups excluding carboxylic acids is 2. The molecule has 4 unspecified atom stereocenters. The number of ether oxygens (including phenoxy) is 1. The van der Waals surface area contributed by atoms with E-state index in [2.05, 4.69) is 24.3 Å². The van der Waals surface area contributed by atoms with Crippen LogP contribution in [0.4, 0.5) is 0 Å². The van der Waals surface area contributed by atoms with E-state index in [1.807, 2.05) is 64.4 Å². The Morgan fingerprint density at radius 3 is 2.54 bits per heavy atom. The van der Waals surface area contributed by atoms with Crippen LogP contribution in [0.25, 0.3) is 0 Å². The van der Waals surface area contributed by atoms with Gasteiger partial charge in [0.25, 0.3) is 0 Å². The maximum absolute atomic E-state index is 14.0. The van der Waals surface area contributed by atoms with Gasteiger partial charge in [-0.05, 0) is 73.1 Å². The molecule has 1 aliphatic carbocycles. The van der Waals surface area contributed by atoms with E-state index in [1.165, 1.54) is 11.1 Å². The van der Waals surface area contributed by atoms with Crippen LogP contribution >= 0.6 is 11.8 Å². The van der Waals surface area contributed by atoms with Gasteiger partial charge in [-0.1, -0.05) is 54.6 Å².